The molecule has 0 unspecified atom stereocenters. The zero-order valence-electron chi connectivity index (χ0n) is 6.51. The minimum Gasteiger partial charge on any atom is -0.504 e. The molecule has 3 heteroatoms. The van der Waals surface area contributed by atoms with E-state index in [0.29, 0.717) is 17.4 Å². The molecule has 1 aliphatic rings. The van der Waals surface area contributed by atoms with Gasteiger partial charge in [0.2, 0.25) is 0 Å². The normalized spacial score (nSPS) is 15.1. The number of aryl methyl sites for hydroxylation is 1. The number of ether oxygens (including phenoxy) is 1. The van der Waals surface area contributed by atoms with Crippen molar-refractivity contribution in [2.24, 2.45) is 0 Å². The van der Waals surface area contributed by atoms with Gasteiger partial charge < -0.3 is 9.84 Å². The fourth-order valence-electron chi connectivity index (χ4n) is 1.42. The molecule has 0 amide bonds. The fourth-order valence-corrected chi connectivity index (χ4v) is 1.66. The molecule has 64 valence electrons. The number of phenols is 1. The average molecular weight is 185 g/mol. The van der Waals surface area contributed by atoms with Gasteiger partial charge in [-0.1, -0.05) is 11.6 Å². The minimum atomic E-state index is 0.150. The highest BCUT2D eigenvalue weighted by atomic mass is 35.5. The Kier molecular flexibility index (Phi) is 1.85. The van der Waals surface area contributed by atoms with Crippen LogP contribution in [0.1, 0.15) is 12.0 Å². The maximum absolute atomic E-state index is 9.43. The first-order valence-corrected chi connectivity index (χ1v) is 4.29. The van der Waals surface area contributed by atoms with Crippen molar-refractivity contribution in [3.63, 3.8) is 0 Å². The van der Waals surface area contributed by atoms with E-state index in [-0.39, 0.29) is 5.75 Å². The molecule has 1 heterocycles. The van der Waals surface area contributed by atoms with E-state index in [2.05, 4.69) is 0 Å². The molecule has 0 saturated heterocycles. The summed E-state index contributed by atoms with van der Waals surface area (Å²) >= 11 is 5.77. The SMILES string of the molecule is Oc1cc(Cl)cc2c1OCCC2. The first-order valence-electron chi connectivity index (χ1n) is 3.91. The van der Waals surface area contributed by atoms with Gasteiger partial charge in [0.1, 0.15) is 0 Å². The van der Waals surface area contributed by atoms with E-state index in [4.69, 9.17) is 16.3 Å². The molecule has 0 saturated carbocycles. The third-order valence-electron chi connectivity index (χ3n) is 1.95. The Morgan fingerprint density at radius 3 is 3.08 bits per heavy atom. The Morgan fingerprint density at radius 2 is 2.25 bits per heavy atom. The summed E-state index contributed by atoms with van der Waals surface area (Å²) in [7, 11) is 0. The fraction of sp³-hybridized carbons (Fsp3) is 0.333. The number of benzene rings is 1. The topological polar surface area (TPSA) is 29.5 Å². The van der Waals surface area contributed by atoms with Gasteiger partial charge in [-0.15, -0.1) is 0 Å². The lowest BCUT2D eigenvalue weighted by Crippen LogP contribution is -2.08. The zero-order valence-corrected chi connectivity index (χ0v) is 7.27. The van der Waals surface area contributed by atoms with Crippen LogP contribution in [0.25, 0.3) is 0 Å². The molecule has 12 heavy (non-hydrogen) atoms. The highest BCUT2D eigenvalue weighted by Crippen LogP contribution is 2.36. The summed E-state index contributed by atoms with van der Waals surface area (Å²) in [6, 6.07) is 3.35. The van der Waals surface area contributed by atoms with Crippen LogP contribution in [0.15, 0.2) is 12.1 Å². The molecule has 1 aliphatic heterocycles. The molecule has 0 aliphatic carbocycles. The zero-order chi connectivity index (χ0) is 8.55. The summed E-state index contributed by atoms with van der Waals surface area (Å²) in [5.41, 5.74) is 1.01. The predicted octanol–water partition coefficient (Wildman–Crippen LogP) is 2.37. The maximum Gasteiger partial charge on any atom is 0.164 e. The quantitative estimate of drug-likeness (QED) is 0.671. The molecule has 0 spiro atoms. The van der Waals surface area contributed by atoms with Gasteiger partial charge in [-0.3, -0.25) is 0 Å². The van der Waals surface area contributed by atoms with Crippen molar-refractivity contribution < 1.29 is 9.84 Å². The van der Waals surface area contributed by atoms with Crippen LogP contribution in [0.2, 0.25) is 5.02 Å². The second-order valence-corrected chi connectivity index (χ2v) is 3.30. The predicted molar refractivity (Wildman–Crippen MR) is 46.9 cm³/mol. The van der Waals surface area contributed by atoms with Crippen LogP contribution in [0, 0.1) is 0 Å². The van der Waals surface area contributed by atoms with E-state index in [0.717, 1.165) is 18.4 Å². The molecule has 1 aromatic carbocycles. The van der Waals surface area contributed by atoms with E-state index in [1.807, 2.05) is 6.07 Å². The van der Waals surface area contributed by atoms with Gasteiger partial charge in [-0.2, -0.15) is 0 Å². The summed E-state index contributed by atoms with van der Waals surface area (Å²) in [6.07, 6.45) is 1.93. The van der Waals surface area contributed by atoms with Crippen LogP contribution >= 0.6 is 11.6 Å². The maximum atomic E-state index is 9.43. The molecular weight excluding hydrogens is 176 g/mol. The molecule has 1 aromatic rings. The van der Waals surface area contributed by atoms with Gasteiger partial charge in [0.25, 0.3) is 0 Å². The van der Waals surface area contributed by atoms with Gasteiger partial charge in [-0.25, -0.2) is 0 Å². The number of hydrogen-bond acceptors (Lipinski definition) is 2. The van der Waals surface area contributed by atoms with Crippen LogP contribution in [0.5, 0.6) is 11.5 Å². The van der Waals surface area contributed by atoms with Crippen LogP contribution in [-0.2, 0) is 6.42 Å². The molecule has 1 N–H and O–H groups in total. The Balaban J connectivity index is 2.53. The van der Waals surface area contributed by atoms with Gasteiger partial charge in [0, 0.05) is 11.1 Å². The molecule has 0 fully saturated rings. The second-order valence-electron chi connectivity index (χ2n) is 2.87. The van der Waals surface area contributed by atoms with Crippen molar-refractivity contribution in [3.8, 4) is 11.5 Å². The highest BCUT2D eigenvalue weighted by Gasteiger charge is 2.14. The molecule has 2 rings (SSSR count). The van der Waals surface area contributed by atoms with E-state index < -0.39 is 0 Å². The van der Waals surface area contributed by atoms with Crippen LogP contribution in [0.4, 0.5) is 0 Å². The van der Waals surface area contributed by atoms with Crippen molar-refractivity contribution in [2.75, 3.05) is 6.61 Å². The first-order chi connectivity index (χ1) is 5.77. The summed E-state index contributed by atoms with van der Waals surface area (Å²) in [6.45, 7) is 0.683. The first kappa shape index (κ1) is 7.74. The molecule has 0 aromatic heterocycles. The van der Waals surface area contributed by atoms with Gasteiger partial charge >= 0.3 is 0 Å². The average Bonchev–Trinajstić information content (AvgIpc) is 2.04. The van der Waals surface area contributed by atoms with Crippen molar-refractivity contribution in [1.29, 1.82) is 0 Å². The lowest BCUT2D eigenvalue weighted by Gasteiger charge is -2.18. The van der Waals surface area contributed by atoms with Crippen molar-refractivity contribution >= 4 is 11.6 Å². The number of fused-ring (bicyclic) bond motifs is 1. The molecule has 0 atom stereocenters. The van der Waals surface area contributed by atoms with E-state index in [9.17, 15) is 5.11 Å². The third-order valence-corrected chi connectivity index (χ3v) is 2.17. The standard InChI is InChI=1S/C9H9ClO2/c10-7-4-6-2-1-3-12-9(6)8(11)5-7/h4-5,11H,1-3H2. The van der Waals surface area contributed by atoms with Gasteiger partial charge in [0.15, 0.2) is 11.5 Å². The van der Waals surface area contributed by atoms with Gasteiger partial charge in [-0.05, 0) is 24.5 Å². The Hall–Kier alpha value is -0.890. The summed E-state index contributed by atoms with van der Waals surface area (Å²) < 4.78 is 5.30. The Labute approximate surface area is 75.7 Å². The summed E-state index contributed by atoms with van der Waals surface area (Å²) in [4.78, 5) is 0. The molecule has 2 nitrogen and oxygen atoms in total. The lowest BCUT2D eigenvalue weighted by atomic mass is 10.1. The highest BCUT2D eigenvalue weighted by molar-refractivity contribution is 6.30. The lowest BCUT2D eigenvalue weighted by molar-refractivity contribution is 0.273. The number of aromatic hydroxyl groups is 1. The van der Waals surface area contributed by atoms with Crippen molar-refractivity contribution in [3.05, 3.63) is 22.7 Å². The van der Waals surface area contributed by atoms with E-state index >= 15 is 0 Å². The number of phenolic OH excluding ortho intramolecular Hbond substituents is 1. The minimum absolute atomic E-state index is 0.150. The second kappa shape index (κ2) is 2.87. The third kappa shape index (κ3) is 1.23. The van der Waals surface area contributed by atoms with Gasteiger partial charge in [0.05, 0.1) is 6.61 Å². The summed E-state index contributed by atoms with van der Waals surface area (Å²) in [5, 5.41) is 9.99. The van der Waals surface area contributed by atoms with Crippen molar-refractivity contribution in [2.45, 2.75) is 12.8 Å². The number of rotatable bonds is 0. The van der Waals surface area contributed by atoms with E-state index in [1.54, 1.807) is 0 Å². The van der Waals surface area contributed by atoms with Crippen molar-refractivity contribution in [1.82, 2.24) is 0 Å². The molecular formula is C9H9ClO2. The Bertz CT molecular complexity index is 310. The molecule has 0 radical (unpaired) electrons. The molecule has 0 bridgehead atoms. The largest absolute Gasteiger partial charge is 0.504 e. The van der Waals surface area contributed by atoms with E-state index in [1.165, 1.54) is 6.07 Å². The van der Waals surface area contributed by atoms with Crippen LogP contribution < -0.4 is 4.74 Å². The number of hydrogen-bond donors (Lipinski definition) is 1. The monoisotopic (exact) mass is 184 g/mol. The van der Waals surface area contributed by atoms with Crippen LogP contribution in [0.3, 0.4) is 0 Å². The number of halogens is 1. The summed E-state index contributed by atoms with van der Waals surface area (Å²) in [5.74, 6) is 0.753. The van der Waals surface area contributed by atoms with Crippen LogP contribution in [-0.4, -0.2) is 11.7 Å². The Morgan fingerprint density at radius 1 is 1.42 bits per heavy atom. The smallest absolute Gasteiger partial charge is 0.164 e.